The Morgan fingerprint density at radius 3 is 2.33 bits per heavy atom. The highest BCUT2D eigenvalue weighted by Crippen LogP contribution is 2.29. The highest BCUT2D eigenvalue weighted by atomic mass is 79.9. The number of carbonyl (C=O) groups excluding carboxylic acids is 2. The summed E-state index contributed by atoms with van der Waals surface area (Å²) < 4.78 is 23.3. The Hall–Kier alpha value is -1.41. The average molecular weight is 375 g/mol. The van der Waals surface area contributed by atoms with Gasteiger partial charge in [-0.15, -0.1) is 0 Å². The van der Waals surface area contributed by atoms with Gasteiger partial charge >= 0.3 is 6.03 Å². The Labute approximate surface area is 131 Å². The van der Waals surface area contributed by atoms with Gasteiger partial charge in [0.25, 0.3) is 5.91 Å². The van der Waals surface area contributed by atoms with E-state index in [0.717, 1.165) is 15.6 Å². The maximum Gasteiger partial charge on any atom is 0.325 e. The van der Waals surface area contributed by atoms with E-state index in [1.54, 1.807) is 31.2 Å². The van der Waals surface area contributed by atoms with E-state index >= 15 is 0 Å². The van der Waals surface area contributed by atoms with Gasteiger partial charge in [-0.1, -0.05) is 28.1 Å². The van der Waals surface area contributed by atoms with Crippen molar-refractivity contribution in [3.05, 3.63) is 34.3 Å². The quantitative estimate of drug-likeness (QED) is 0.804. The van der Waals surface area contributed by atoms with Crippen molar-refractivity contribution in [1.82, 2.24) is 10.2 Å². The summed E-state index contributed by atoms with van der Waals surface area (Å²) in [6.07, 6.45) is 1.07. The van der Waals surface area contributed by atoms with Crippen molar-refractivity contribution in [3.8, 4) is 0 Å². The first kappa shape index (κ1) is 16.0. The summed E-state index contributed by atoms with van der Waals surface area (Å²) in [4.78, 5) is 25.4. The molecule has 1 aromatic rings. The van der Waals surface area contributed by atoms with Crippen LogP contribution in [-0.4, -0.2) is 43.8 Å². The largest absolute Gasteiger partial charge is 0.325 e. The zero-order valence-electron chi connectivity index (χ0n) is 11.6. The van der Waals surface area contributed by atoms with E-state index in [4.69, 9.17) is 0 Å². The fourth-order valence-corrected chi connectivity index (χ4v) is 2.91. The molecule has 1 aliphatic rings. The highest BCUT2D eigenvalue weighted by Gasteiger charge is 2.48. The number of nitrogens with one attached hydrogen (secondary N) is 1. The zero-order valence-corrected chi connectivity index (χ0v) is 14.0. The molecule has 0 aromatic heterocycles. The average Bonchev–Trinajstić information content (AvgIpc) is 2.59. The molecule has 114 valence electrons. The van der Waals surface area contributed by atoms with E-state index in [9.17, 15) is 18.0 Å². The lowest BCUT2D eigenvalue weighted by molar-refractivity contribution is -0.130. The fraction of sp³-hybridized carbons (Fsp3) is 0.385. The van der Waals surface area contributed by atoms with Crippen LogP contribution < -0.4 is 5.32 Å². The van der Waals surface area contributed by atoms with E-state index in [1.165, 1.54) is 0 Å². The summed E-state index contributed by atoms with van der Waals surface area (Å²) in [6.45, 7) is 1.46. The summed E-state index contributed by atoms with van der Waals surface area (Å²) in [5, 5.41) is 2.63. The highest BCUT2D eigenvalue weighted by molar-refractivity contribution is 9.10. The summed E-state index contributed by atoms with van der Waals surface area (Å²) in [5.41, 5.74) is -0.527. The molecular weight excluding hydrogens is 360 g/mol. The topological polar surface area (TPSA) is 83.6 Å². The van der Waals surface area contributed by atoms with E-state index in [-0.39, 0.29) is 12.3 Å². The van der Waals surface area contributed by atoms with Crippen LogP contribution in [0.3, 0.4) is 0 Å². The van der Waals surface area contributed by atoms with Gasteiger partial charge in [0.2, 0.25) is 0 Å². The predicted octanol–water partition coefficient (Wildman–Crippen LogP) is 1.26. The van der Waals surface area contributed by atoms with Gasteiger partial charge < -0.3 is 5.32 Å². The monoisotopic (exact) mass is 374 g/mol. The number of urea groups is 1. The van der Waals surface area contributed by atoms with Crippen molar-refractivity contribution < 1.29 is 18.0 Å². The van der Waals surface area contributed by atoms with Gasteiger partial charge in [0.15, 0.2) is 0 Å². The molecular formula is C13H15BrN2O4S. The minimum Gasteiger partial charge on any atom is -0.319 e. The van der Waals surface area contributed by atoms with Crippen LogP contribution in [0.2, 0.25) is 0 Å². The van der Waals surface area contributed by atoms with E-state index in [0.29, 0.717) is 5.56 Å². The number of hydrogen-bond acceptors (Lipinski definition) is 4. The van der Waals surface area contributed by atoms with Crippen LogP contribution in [0.5, 0.6) is 0 Å². The molecule has 2 rings (SSSR count). The van der Waals surface area contributed by atoms with Gasteiger partial charge in [-0.05, 0) is 24.6 Å². The summed E-state index contributed by atoms with van der Waals surface area (Å²) in [6, 6.07) is 6.46. The molecule has 1 aromatic carbocycles. The SMILES string of the molecule is C[C@@]1(c2ccc(Br)cc2)NC(=O)N(CCS(C)(=O)=O)C1=O. The van der Waals surface area contributed by atoms with Crippen molar-refractivity contribution in [3.63, 3.8) is 0 Å². The number of sulfone groups is 1. The number of benzene rings is 1. The molecule has 0 bridgehead atoms. The van der Waals surface area contributed by atoms with Crippen LogP contribution in [0.1, 0.15) is 12.5 Å². The Balaban J connectivity index is 2.26. The van der Waals surface area contributed by atoms with Gasteiger partial charge in [0.1, 0.15) is 15.4 Å². The Morgan fingerprint density at radius 2 is 1.81 bits per heavy atom. The van der Waals surface area contributed by atoms with E-state index < -0.39 is 27.3 Å². The number of rotatable bonds is 4. The molecule has 1 atom stereocenters. The molecule has 0 aliphatic carbocycles. The molecule has 0 spiro atoms. The molecule has 8 heteroatoms. The number of carbonyl (C=O) groups is 2. The van der Waals surface area contributed by atoms with Gasteiger partial charge in [-0.2, -0.15) is 0 Å². The van der Waals surface area contributed by atoms with Crippen molar-refractivity contribution in [2.45, 2.75) is 12.5 Å². The van der Waals surface area contributed by atoms with Gasteiger partial charge in [-0.25, -0.2) is 13.2 Å². The molecule has 0 saturated carbocycles. The van der Waals surface area contributed by atoms with Crippen LogP contribution in [-0.2, 0) is 20.2 Å². The van der Waals surface area contributed by atoms with Crippen LogP contribution in [0, 0.1) is 0 Å². The molecule has 1 N–H and O–H groups in total. The summed E-state index contributed by atoms with van der Waals surface area (Å²) in [5.74, 6) is -0.693. The minimum atomic E-state index is -3.25. The molecule has 0 unspecified atom stereocenters. The third-order valence-corrected chi connectivity index (χ3v) is 4.84. The fourth-order valence-electron chi connectivity index (χ4n) is 2.14. The maximum atomic E-state index is 12.5. The molecule has 6 nitrogen and oxygen atoms in total. The third-order valence-electron chi connectivity index (χ3n) is 3.38. The standard InChI is InChI=1S/C13H15BrN2O4S/c1-13(9-3-5-10(14)6-4-9)11(17)16(12(18)15-13)7-8-21(2,19)20/h3-6H,7-8H2,1-2H3,(H,15,18)/t13-/m0/s1. The lowest BCUT2D eigenvalue weighted by atomic mass is 9.92. The van der Waals surface area contributed by atoms with E-state index in [2.05, 4.69) is 21.2 Å². The van der Waals surface area contributed by atoms with E-state index in [1.807, 2.05) is 0 Å². The minimum absolute atomic E-state index is 0.143. The molecule has 21 heavy (non-hydrogen) atoms. The molecule has 1 aliphatic heterocycles. The second kappa shape index (κ2) is 5.42. The Morgan fingerprint density at radius 1 is 1.24 bits per heavy atom. The second-order valence-corrected chi connectivity index (χ2v) is 8.32. The van der Waals surface area contributed by atoms with Crippen LogP contribution in [0.25, 0.3) is 0 Å². The van der Waals surface area contributed by atoms with Crippen molar-refractivity contribution in [2.75, 3.05) is 18.6 Å². The molecule has 3 amide bonds. The lowest BCUT2D eigenvalue weighted by Gasteiger charge is -2.22. The summed E-state index contributed by atoms with van der Waals surface area (Å²) >= 11 is 3.31. The normalized spacial score (nSPS) is 22.5. The smallest absolute Gasteiger partial charge is 0.319 e. The maximum absolute atomic E-state index is 12.5. The molecule has 1 heterocycles. The first-order chi connectivity index (χ1) is 9.63. The van der Waals surface area contributed by atoms with Gasteiger partial charge in [-0.3, -0.25) is 9.69 Å². The number of hydrogen-bond donors (Lipinski definition) is 1. The van der Waals surface area contributed by atoms with Gasteiger partial charge in [0.05, 0.1) is 5.75 Å². The van der Waals surface area contributed by atoms with Crippen molar-refractivity contribution in [1.29, 1.82) is 0 Å². The number of amides is 3. The summed E-state index contributed by atoms with van der Waals surface area (Å²) in [7, 11) is -3.25. The molecule has 1 saturated heterocycles. The van der Waals surface area contributed by atoms with Crippen molar-refractivity contribution >= 4 is 37.7 Å². The number of imide groups is 1. The van der Waals surface area contributed by atoms with Gasteiger partial charge in [0, 0.05) is 17.3 Å². The zero-order chi connectivity index (χ0) is 15.8. The number of nitrogens with zero attached hydrogens (tertiary/aromatic N) is 1. The molecule has 0 radical (unpaired) electrons. The van der Waals surface area contributed by atoms with Crippen molar-refractivity contribution in [2.24, 2.45) is 0 Å². The number of halogens is 1. The Kier molecular flexibility index (Phi) is 4.12. The van der Waals surface area contributed by atoms with Crippen LogP contribution >= 0.6 is 15.9 Å². The first-order valence-electron chi connectivity index (χ1n) is 6.21. The Bertz CT molecular complexity index is 687. The second-order valence-electron chi connectivity index (χ2n) is 5.15. The third kappa shape index (κ3) is 3.26. The lowest BCUT2D eigenvalue weighted by Crippen LogP contribution is -2.41. The molecule has 1 fully saturated rings. The van der Waals surface area contributed by atoms with Crippen LogP contribution in [0.15, 0.2) is 28.7 Å². The predicted molar refractivity (Wildman–Crippen MR) is 81.4 cm³/mol. The van der Waals surface area contributed by atoms with Crippen LogP contribution in [0.4, 0.5) is 4.79 Å². The first-order valence-corrected chi connectivity index (χ1v) is 9.07.